The van der Waals surface area contributed by atoms with Gasteiger partial charge in [-0.15, -0.1) is 4.68 Å². The van der Waals surface area contributed by atoms with Crippen LogP contribution in [0.4, 0.5) is 0 Å². The predicted octanol–water partition coefficient (Wildman–Crippen LogP) is 2.20. The van der Waals surface area contributed by atoms with Crippen molar-refractivity contribution in [3.8, 4) is 5.69 Å². The highest BCUT2D eigenvalue weighted by Crippen LogP contribution is 2.26. The van der Waals surface area contributed by atoms with E-state index in [0.29, 0.717) is 36.0 Å². The second kappa shape index (κ2) is 12.0. The first kappa shape index (κ1) is 25.7. The van der Waals surface area contributed by atoms with Crippen LogP contribution >= 0.6 is 0 Å². The molecule has 0 unspecified atom stereocenters. The molecular weight excluding hydrogens is 450 g/mol. The number of hydroxylamine groups is 1. The van der Waals surface area contributed by atoms with E-state index in [1.54, 1.807) is 35.8 Å². The molecule has 0 aliphatic heterocycles. The fourth-order valence-corrected chi connectivity index (χ4v) is 4.15. The van der Waals surface area contributed by atoms with Crippen LogP contribution in [0.3, 0.4) is 0 Å². The molecule has 3 aromatic rings. The number of carbonyl (C=O) groups is 2. The molecule has 0 bridgehead atoms. The van der Waals surface area contributed by atoms with Gasteiger partial charge >= 0.3 is 11.4 Å². The number of aromatic nitrogens is 3. The average Bonchev–Trinajstić information content (AvgIpc) is 3.14. The molecule has 0 spiro atoms. The van der Waals surface area contributed by atoms with Crippen LogP contribution in [-0.4, -0.2) is 31.5 Å². The highest BCUT2D eigenvalue weighted by atomic mass is 16.5. The van der Waals surface area contributed by atoms with Gasteiger partial charge in [0.2, 0.25) is 11.8 Å². The molecule has 1 aromatic heterocycles. The molecule has 0 aliphatic carbocycles. The smallest absolute Gasteiger partial charge is 0.289 e. The molecule has 2 aromatic carbocycles. The minimum absolute atomic E-state index is 0.0396. The van der Waals surface area contributed by atoms with Crippen LogP contribution in [0.25, 0.3) is 5.69 Å². The zero-order valence-corrected chi connectivity index (χ0v) is 19.8. The van der Waals surface area contributed by atoms with Gasteiger partial charge in [-0.1, -0.05) is 62.4 Å². The third-order valence-electron chi connectivity index (χ3n) is 5.85. The Balaban J connectivity index is 1.83. The lowest BCUT2D eigenvalue weighted by molar-refractivity contribution is -0.139. The Kier molecular flexibility index (Phi) is 8.80. The first-order valence-electron chi connectivity index (χ1n) is 11.6. The molecule has 0 fully saturated rings. The summed E-state index contributed by atoms with van der Waals surface area (Å²) in [5, 5.41) is 11.8. The van der Waals surface area contributed by atoms with Crippen molar-refractivity contribution >= 4 is 11.8 Å². The summed E-state index contributed by atoms with van der Waals surface area (Å²) in [6.45, 7) is 3.81. The third kappa shape index (κ3) is 6.57. The second-order valence-corrected chi connectivity index (χ2v) is 8.88. The Morgan fingerprint density at radius 3 is 2.17 bits per heavy atom. The standard InChI is InChI=1S/C25H31N5O5/c1-17(2)16-21(20(23(32)28-35)15-9-12-18-10-5-3-6-11-18)22(31)26-30-24(33)27-29(25(30)34)19-13-7-4-8-14-19/h3-8,10-11,13-14,17,20-21,35H,9,12,15-16H2,1-2H3,(H,26,31)(H,27,33)(H,28,32)/t20-,21+/m0/s1. The molecule has 10 heteroatoms. The van der Waals surface area contributed by atoms with Crippen molar-refractivity contribution in [2.75, 3.05) is 5.43 Å². The van der Waals surface area contributed by atoms with Gasteiger partial charge in [0.15, 0.2) is 0 Å². The van der Waals surface area contributed by atoms with Crippen LogP contribution in [0.2, 0.25) is 0 Å². The van der Waals surface area contributed by atoms with Crippen molar-refractivity contribution in [2.45, 2.75) is 39.5 Å². The summed E-state index contributed by atoms with van der Waals surface area (Å²) < 4.78 is 1.62. The first-order chi connectivity index (χ1) is 16.8. The molecule has 1 heterocycles. The van der Waals surface area contributed by atoms with Crippen molar-refractivity contribution < 1.29 is 14.8 Å². The third-order valence-corrected chi connectivity index (χ3v) is 5.85. The highest BCUT2D eigenvalue weighted by molar-refractivity contribution is 5.91. The van der Waals surface area contributed by atoms with Crippen molar-refractivity contribution in [3.63, 3.8) is 0 Å². The Morgan fingerprint density at radius 1 is 0.943 bits per heavy atom. The highest BCUT2D eigenvalue weighted by Gasteiger charge is 2.34. The van der Waals surface area contributed by atoms with Gasteiger partial charge in [0.1, 0.15) is 0 Å². The van der Waals surface area contributed by atoms with Gasteiger partial charge in [-0.05, 0) is 49.3 Å². The molecule has 0 aliphatic rings. The van der Waals surface area contributed by atoms with Gasteiger partial charge in [0, 0.05) is 0 Å². The molecule has 186 valence electrons. The summed E-state index contributed by atoms with van der Waals surface area (Å²) in [6, 6.07) is 18.2. The number of H-pyrrole nitrogens is 1. The fraction of sp³-hybridized carbons (Fsp3) is 0.360. The summed E-state index contributed by atoms with van der Waals surface area (Å²) >= 11 is 0. The van der Waals surface area contributed by atoms with E-state index in [1.807, 2.05) is 44.2 Å². The van der Waals surface area contributed by atoms with Crippen LogP contribution < -0.4 is 22.3 Å². The molecule has 2 atom stereocenters. The van der Waals surface area contributed by atoms with E-state index < -0.39 is 35.0 Å². The summed E-state index contributed by atoms with van der Waals surface area (Å²) in [6.07, 6.45) is 1.96. The van der Waals surface area contributed by atoms with Crippen LogP contribution in [0.15, 0.2) is 70.3 Å². The number of hydrogen-bond donors (Lipinski definition) is 4. The maximum Gasteiger partial charge on any atom is 0.371 e. The van der Waals surface area contributed by atoms with Gasteiger partial charge in [-0.25, -0.2) is 20.2 Å². The summed E-state index contributed by atoms with van der Waals surface area (Å²) in [5.74, 6) is -3.01. The van der Waals surface area contributed by atoms with Crippen molar-refractivity contribution in [2.24, 2.45) is 17.8 Å². The van der Waals surface area contributed by atoms with E-state index in [2.05, 4.69) is 10.5 Å². The van der Waals surface area contributed by atoms with Gasteiger partial charge in [0.25, 0.3) is 0 Å². The average molecular weight is 482 g/mol. The molecular formula is C25H31N5O5. The van der Waals surface area contributed by atoms with Gasteiger partial charge in [-0.2, -0.15) is 4.68 Å². The SMILES string of the molecule is CC(C)C[C@@H](C(=O)Nn1c(=O)[nH]n(-c2ccccc2)c1=O)[C@H](CCCc1ccccc1)C(=O)NO. The fourth-order valence-electron chi connectivity index (χ4n) is 4.15. The lowest BCUT2D eigenvalue weighted by atomic mass is 9.81. The zero-order chi connectivity index (χ0) is 25.4. The van der Waals surface area contributed by atoms with Gasteiger partial charge < -0.3 is 0 Å². The van der Waals surface area contributed by atoms with Crippen molar-refractivity contribution in [1.82, 2.24) is 19.9 Å². The predicted molar refractivity (Wildman–Crippen MR) is 131 cm³/mol. The van der Waals surface area contributed by atoms with Crippen molar-refractivity contribution in [3.05, 3.63) is 87.2 Å². The largest absolute Gasteiger partial charge is 0.371 e. The molecule has 35 heavy (non-hydrogen) atoms. The van der Waals surface area contributed by atoms with Crippen molar-refractivity contribution in [1.29, 1.82) is 0 Å². The first-order valence-corrected chi connectivity index (χ1v) is 11.6. The Bertz CT molecular complexity index is 1230. The number of benzene rings is 2. The number of hydrogen-bond acceptors (Lipinski definition) is 5. The topological polar surface area (TPSA) is 138 Å². The van der Waals surface area contributed by atoms with E-state index in [1.165, 1.54) is 0 Å². The zero-order valence-electron chi connectivity index (χ0n) is 19.8. The molecule has 2 amide bonds. The normalized spacial score (nSPS) is 12.8. The number of aromatic amines is 1. The second-order valence-electron chi connectivity index (χ2n) is 8.88. The van der Waals surface area contributed by atoms with Crippen LogP contribution in [-0.2, 0) is 16.0 Å². The van der Waals surface area contributed by atoms with Gasteiger partial charge in [0.05, 0.1) is 17.5 Å². The number of para-hydroxylation sites is 1. The minimum atomic E-state index is -0.871. The number of aryl methyl sites for hydroxylation is 1. The molecule has 0 saturated carbocycles. The Labute approximate surface area is 202 Å². The summed E-state index contributed by atoms with van der Waals surface area (Å²) in [4.78, 5) is 51.2. The molecule has 3 rings (SSSR count). The Morgan fingerprint density at radius 2 is 1.57 bits per heavy atom. The number of carbonyl (C=O) groups excluding carboxylic acids is 2. The number of nitrogens with one attached hydrogen (secondary N) is 3. The van der Waals surface area contributed by atoms with Crippen LogP contribution in [0.5, 0.6) is 0 Å². The molecule has 0 saturated heterocycles. The van der Waals surface area contributed by atoms with Crippen LogP contribution in [0, 0.1) is 17.8 Å². The monoisotopic (exact) mass is 481 g/mol. The van der Waals surface area contributed by atoms with Gasteiger partial charge in [-0.3, -0.25) is 20.2 Å². The molecule has 10 nitrogen and oxygen atoms in total. The minimum Gasteiger partial charge on any atom is -0.289 e. The van der Waals surface area contributed by atoms with E-state index in [0.717, 1.165) is 10.2 Å². The summed E-state index contributed by atoms with van der Waals surface area (Å²) in [7, 11) is 0. The van der Waals surface area contributed by atoms with E-state index in [-0.39, 0.29) is 5.92 Å². The number of rotatable bonds is 11. The maximum atomic E-state index is 13.3. The van der Waals surface area contributed by atoms with E-state index >= 15 is 0 Å². The maximum absolute atomic E-state index is 13.3. The molecule has 4 N–H and O–H groups in total. The Hall–Kier alpha value is -3.92. The molecule has 0 radical (unpaired) electrons. The van der Waals surface area contributed by atoms with Crippen LogP contribution in [0.1, 0.15) is 38.7 Å². The lowest BCUT2D eigenvalue weighted by Crippen LogP contribution is -2.46. The quantitative estimate of drug-likeness (QED) is 0.246. The number of nitrogens with zero attached hydrogens (tertiary/aromatic N) is 2. The number of amides is 2. The summed E-state index contributed by atoms with van der Waals surface area (Å²) in [5.41, 5.74) is 3.99. The van der Waals surface area contributed by atoms with E-state index in [4.69, 9.17) is 0 Å². The van der Waals surface area contributed by atoms with E-state index in [9.17, 15) is 24.4 Å². The lowest BCUT2D eigenvalue weighted by Gasteiger charge is -2.26.